The molecule has 0 atom stereocenters. The van der Waals surface area contributed by atoms with Gasteiger partial charge in [0, 0.05) is 17.3 Å². The predicted octanol–water partition coefficient (Wildman–Crippen LogP) is 3.14. The van der Waals surface area contributed by atoms with E-state index in [1.54, 1.807) is 6.20 Å². The molecule has 0 bridgehead atoms. The summed E-state index contributed by atoms with van der Waals surface area (Å²) >= 11 is 0. The highest BCUT2D eigenvalue weighted by molar-refractivity contribution is 5.94. The van der Waals surface area contributed by atoms with Crippen LogP contribution in [0.25, 0.3) is 10.9 Å². The van der Waals surface area contributed by atoms with Gasteiger partial charge in [-0.25, -0.2) is 0 Å². The van der Waals surface area contributed by atoms with Gasteiger partial charge in [0.1, 0.15) is 0 Å². The van der Waals surface area contributed by atoms with Gasteiger partial charge in [0.2, 0.25) is 12.7 Å². The number of amides is 1. The van der Waals surface area contributed by atoms with Gasteiger partial charge in [-0.2, -0.15) is 0 Å². The molecular weight excluding hydrogens is 292 g/mol. The van der Waals surface area contributed by atoms with Crippen molar-refractivity contribution in [3.8, 4) is 11.5 Å². The third-order valence-corrected chi connectivity index (χ3v) is 3.69. The summed E-state index contributed by atoms with van der Waals surface area (Å²) in [6, 6.07) is 15.0. The van der Waals surface area contributed by atoms with E-state index in [-0.39, 0.29) is 19.1 Å². The second-order valence-corrected chi connectivity index (χ2v) is 5.32. The highest BCUT2D eigenvalue weighted by Gasteiger charge is 2.14. The Balaban J connectivity index is 1.48. The zero-order valence-electron chi connectivity index (χ0n) is 12.3. The van der Waals surface area contributed by atoms with Gasteiger partial charge in [0.25, 0.3) is 0 Å². The van der Waals surface area contributed by atoms with Crippen LogP contribution >= 0.6 is 0 Å². The average Bonchev–Trinajstić information content (AvgIpc) is 3.02. The summed E-state index contributed by atoms with van der Waals surface area (Å²) in [5, 5.41) is 3.91. The van der Waals surface area contributed by atoms with Crippen LogP contribution in [-0.4, -0.2) is 17.7 Å². The van der Waals surface area contributed by atoms with Crippen LogP contribution in [0.3, 0.4) is 0 Å². The van der Waals surface area contributed by atoms with Crippen LogP contribution in [0.15, 0.2) is 54.7 Å². The van der Waals surface area contributed by atoms with Gasteiger partial charge in [-0.05, 0) is 42.0 Å². The minimum atomic E-state index is -0.0768. The molecule has 0 saturated carbocycles. The Labute approximate surface area is 132 Å². The van der Waals surface area contributed by atoms with Crippen molar-refractivity contribution in [2.75, 3.05) is 12.1 Å². The average molecular weight is 306 g/mol. The van der Waals surface area contributed by atoms with E-state index >= 15 is 0 Å². The van der Waals surface area contributed by atoms with Gasteiger partial charge in [-0.3, -0.25) is 9.78 Å². The van der Waals surface area contributed by atoms with Crippen LogP contribution in [0.2, 0.25) is 0 Å². The summed E-state index contributed by atoms with van der Waals surface area (Å²) in [5.74, 6) is 1.33. The lowest BCUT2D eigenvalue weighted by molar-refractivity contribution is -0.115. The van der Waals surface area contributed by atoms with E-state index in [1.807, 2.05) is 48.5 Å². The van der Waals surface area contributed by atoms with Gasteiger partial charge < -0.3 is 14.8 Å². The molecule has 2 heterocycles. The minimum Gasteiger partial charge on any atom is -0.454 e. The topological polar surface area (TPSA) is 60.5 Å². The first-order chi connectivity index (χ1) is 11.3. The van der Waals surface area contributed by atoms with Crippen molar-refractivity contribution in [2.45, 2.75) is 6.42 Å². The number of anilines is 1. The van der Waals surface area contributed by atoms with Crippen LogP contribution in [-0.2, 0) is 11.2 Å². The van der Waals surface area contributed by atoms with Crippen molar-refractivity contribution < 1.29 is 14.3 Å². The van der Waals surface area contributed by atoms with Crippen LogP contribution in [0.5, 0.6) is 11.5 Å². The maximum atomic E-state index is 12.2. The summed E-state index contributed by atoms with van der Waals surface area (Å²) in [6.07, 6.45) is 2.03. The molecule has 4 rings (SSSR count). The number of aromatic nitrogens is 1. The van der Waals surface area contributed by atoms with Gasteiger partial charge in [-0.15, -0.1) is 0 Å². The standard InChI is InChI=1S/C18H14N2O3/c21-18(9-12-3-6-16-17(8-12)23-11-22-16)20-14-4-5-15-13(10-14)2-1-7-19-15/h1-8,10H,9,11H2,(H,20,21). The zero-order valence-corrected chi connectivity index (χ0v) is 12.3. The predicted molar refractivity (Wildman–Crippen MR) is 86.6 cm³/mol. The number of nitrogens with zero attached hydrogens (tertiary/aromatic N) is 1. The fourth-order valence-corrected chi connectivity index (χ4v) is 2.59. The zero-order chi connectivity index (χ0) is 15.6. The normalized spacial score (nSPS) is 12.3. The van der Waals surface area contributed by atoms with E-state index in [1.165, 1.54) is 0 Å². The Hall–Kier alpha value is -3.08. The van der Waals surface area contributed by atoms with Crippen molar-refractivity contribution in [1.82, 2.24) is 4.98 Å². The maximum Gasteiger partial charge on any atom is 0.231 e. The molecule has 1 aliphatic heterocycles. The van der Waals surface area contributed by atoms with Crippen molar-refractivity contribution in [2.24, 2.45) is 0 Å². The number of benzene rings is 2. The molecule has 0 aliphatic carbocycles. The quantitative estimate of drug-likeness (QED) is 0.807. The van der Waals surface area contributed by atoms with E-state index in [0.717, 1.165) is 27.9 Å². The molecular formula is C18H14N2O3. The first-order valence-corrected chi connectivity index (χ1v) is 7.31. The number of hydrogen-bond donors (Lipinski definition) is 1. The Bertz CT molecular complexity index is 892. The summed E-state index contributed by atoms with van der Waals surface area (Å²) in [5.41, 5.74) is 2.55. The second kappa shape index (κ2) is 5.61. The Morgan fingerprint density at radius 1 is 1.09 bits per heavy atom. The third kappa shape index (κ3) is 2.81. The largest absolute Gasteiger partial charge is 0.454 e. The number of carbonyl (C=O) groups excluding carboxylic acids is 1. The molecule has 5 nitrogen and oxygen atoms in total. The number of rotatable bonds is 3. The first-order valence-electron chi connectivity index (χ1n) is 7.31. The Kier molecular flexibility index (Phi) is 3.31. The fraction of sp³-hybridized carbons (Fsp3) is 0.111. The summed E-state index contributed by atoms with van der Waals surface area (Å²) in [7, 11) is 0. The van der Waals surface area contributed by atoms with Crippen LogP contribution in [0.4, 0.5) is 5.69 Å². The highest BCUT2D eigenvalue weighted by atomic mass is 16.7. The van der Waals surface area contributed by atoms with Gasteiger partial charge in [-0.1, -0.05) is 12.1 Å². The maximum absolute atomic E-state index is 12.2. The monoisotopic (exact) mass is 306 g/mol. The number of ether oxygens (including phenoxy) is 2. The minimum absolute atomic E-state index is 0.0768. The SMILES string of the molecule is O=C(Cc1ccc2c(c1)OCO2)Nc1ccc2ncccc2c1. The fourth-order valence-electron chi connectivity index (χ4n) is 2.59. The number of hydrogen-bond acceptors (Lipinski definition) is 4. The lowest BCUT2D eigenvalue weighted by Crippen LogP contribution is -2.14. The molecule has 1 aromatic heterocycles. The van der Waals surface area contributed by atoms with Crippen LogP contribution < -0.4 is 14.8 Å². The molecule has 2 aromatic carbocycles. The van der Waals surface area contributed by atoms with E-state index in [0.29, 0.717) is 5.75 Å². The summed E-state index contributed by atoms with van der Waals surface area (Å²) in [6.45, 7) is 0.232. The lowest BCUT2D eigenvalue weighted by atomic mass is 10.1. The molecule has 23 heavy (non-hydrogen) atoms. The van der Waals surface area contributed by atoms with Crippen molar-refractivity contribution in [3.63, 3.8) is 0 Å². The molecule has 3 aromatic rings. The van der Waals surface area contributed by atoms with E-state index in [2.05, 4.69) is 10.3 Å². The summed E-state index contributed by atoms with van der Waals surface area (Å²) < 4.78 is 10.6. The first kappa shape index (κ1) is 13.6. The molecule has 1 aliphatic rings. The van der Waals surface area contributed by atoms with E-state index in [9.17, 15) is 4.79 Å². The number of fused-ring (bicyclic) bond motifs is 2. The number of carbonyl (C=O) groups is 1. The molecule has 1 N–H and O–H groups in total. The molecule has 1 amide bonds. The molecule has 0 spiro atoms. The lowest BCUT2D eigenvalue weighted by Gasteiger charge is -2.07. The molecule has 114 valence electrons. The smallest absolute Gasteiger partial charge is 0.231 e. The molecule has 0 fully saturated rings. The van der Waals surface area contributed by atoms with Gasteiger partial charge in [0.15, 0.2) is 11.5 Å². The van der Waals surface area contributed by atoms with Crippen molar-refractivity contribution in [1.29, 1.82) is 0 Å². The third-order valence-electron chi connectivity index (χ3n) is 3.69. The highest BCUT2D eigenvalue weighted by Crippen LogP contribution is 2.32. The van der Waals surface area contributed by atoms with Gasteiger partial charge >= 0.3 is 0 Å². The summed E-state index contributed by atoms with van der Waals surface area (Å²) in [4.78, 5) is 16.5. The number of nitrogens with one attached hydrogen (secondary N) is 1. The van der Waals surface area contributed by atoms with Crippen molar-refractivity contribution >= 4 is 22.5 Å². The van der Waals surface area contributed by atoms with Crippen LogP contribution in [0.1, 0.15) is 5.56 Å². The van der Waals surface area contributed by atoms with E-state index < -0.39 is 0 Å². The van der Waals surface area contributed by atoms with Crippen LogP contribution in [0, 0.1) is 0 Å². The Morgan fingerprint density at radius 2 is 2.00 bits per heavy atom. The molecule has 0 radical (unpaired) electrons. The molecule has 0 unspecified atom stereocenters. The van der Waals surface area contributed by atoms with Crippen molar-refractivity contribution in [3.05, 3.63) is 60.3 Å². The Morgan fingerprint density at radius 3 is 2.96 bits per heavy atom. The molecule has 5 heteroatoms. The second-order valence-electron chi connectivity index (χ2n) is 5.32. The van der Waals surface area contributed by atoms with Gasteiger partial charge in [0.05, 0.1) is 11.9 Å². The number of pyridine rings is 1. The van der Waals surface area contributed by atoms with E-state index in [4.69, 9.17) is 9.47 Å². The molecule has 0 saturated heterocycles.